The van der Waals surface area contributed by atoms with Crippen molar-refractivity contribution in [1.29, 1.82) is 0 Å². The van der Waals surface area contributed by atoms with Gasteiger partial charge >= 0.3 is 0 Å². The molecule has 0 saturated carbocycles. The van der Waals surface area contributed by atoms with Crippen molar-refractivity contribution >= 4 is 28.6 Å². The van der Waals surface area contributed by atoms with E-state index in [0.717, 1.165) is 21.1 Å². The maximum absolute atomic E-state index is 12.5. The van der Waals surface area contributed by atoms with Crippen molar-refractivity contribution in [1.82, 2.24) is 10.3 Å². The predicted octanol–water partition coefficient (Wildman–Crippen LogP) is 4.93. The van der Waals surface area contributed by atoms with Gasteiger partial charge in [-0.25, -0.2) is 4.98 Å². The zero-order valence-electron chi connectivity index (χ0n) is 13.7. The lowest BCUT2D eigenvalue weighted by Gasteiger charge is -2.22. The van der Waals surface area contributed by atoms with Crippen LogP contribution in [0.2, 0.25) is 0 Å². The van der Waals surface area contributed by atoms with Crippen molar-refractivity contribution in [2.75, 3.05) is 0 Å². The molecule has 0 spiro atoms. The first kappa shape index (κ1) is 16.9. The van der Waals surface area contributed by atoms with Gasteiger partial charge in [-0.2, -0.15) is 0 Å². The molecule has 24 heavy (non-hydrogen) atoms. The van der Waals surface area contributed by atoms with Crippen molar-refractivity contribution in [3.8, 4) is 9.88 Å². The minimum atomic E-state index is 0.0144. The molecule has 2 heterocycles. The van der Waals surface area contributed by atoms with Crippen LogP contribution in [0.5, 0.6) is 0 Å². The van der Waals surface area contributed by atoms with Gasteiger partial charge in [0, 0.05) is 5.38 Å². The third kappa shape index (κ3) is 4.10. The molecule has 0 radical (unpaired) electrons. The Balaban J connectivity index is 1.66. The maximum Gasteiger partial charge on any atom is 0.226 e. The number of hydrogen-bond acceptors (Lipinski definition) is 4. The summed E-state index contributed by atoms with van der Waals surface area (Å²) in [5, 5.41) is 8.15. The second kappa shape index (κ2) is 7.73. The van der Waals surface area contributed by atoms with Crippen LogP contribution in [0.4, 0.5) is 0 Å². The number of nitrogens with zero attached hydrogens (tertiary/aromatic N) is 1. The zero-order chi connectivity index (χ0) is 16.9. The second-order valence-electron chi connectivity index (χ2n) is 6.00. The number of carbonyl (C=O) groups is 1. The van der Waals surface area contributed by atoms with Crippen molar-refractivity contribution in [2.45, 2.75) is 26.3 Å². The molecule has 0 bridgehead atoms. The Morgan fingerprint density at radius 1 is 1.12 bits per heavy atom. The average Bonchev–Trinajstić information content (AvgIpc) is 3.24. The highest BCUT2D eigenvalue weighted by atomic mass is 32.1. The minimum absolute atomic E-state index is 0.0144. The van der Waals surface area contributed by atoms with Crippen molar-refractivity contribution in [3.05, 3.63) is 64.5 Å². The summed E-state index contributed by atoms with van der Waals surface area (Å²) in [6, 6.07) is 14.2. The SMILES string of the molecule is CC(C)C(NC(=O)Cc1csc(-c2cccs2)n1)c1ccccc1. The summed E-state index contributed by atoms with van der Waals surface area (Å²) in [4.78, 5) is 18.2. The van der Waals surface area contributed by atoms with Gasteiger partial charge in [0.25, 0.3) is 0 Å². The van der Waals surface area contributed by atoms with Gasteiger partial charge in [0.05, 0.1) is 23.0 Å². The van der Waals surface area contributed by atoms with E-state index in [2.05, 4.69) is 42.3 Å². The van der Waals surface area contributed by atoms with Crippen molar-refractivity contribution in [3.63, 3.8) is 0 Å². The molecule has 1 unspecified atom stereocenters. The van der Waals surface area contributed by atoms with Crippen molar-refractivity contribution in [2.24, 2.45) is 5.92 Å². The number of aromatic nitrogens is 1. The molecule has 0 aliphatic rings. The fourth-order valence-electron chi connectivity index (χ4n) is 2.59. The number of nitrogens with one attached hydrogen (secondary N) is 1. The number of hydrogen-bond donors (Lipinski definition) is 1. The minimum Gasteiger partial charge on any atom is -0.349 e. The van der Waals surface area contributed by atoms with E-state index in [1.807, 2.05) is 35.0 Å². The summed E-state index contributed by atoms with van der Waals surface area (Å²) in [6.07, 6.45) is 0.317. The molecule has 2 aromatic heterocycles. The first-order valence-electron chi connectivity index (χ1n) is 7.96. The quantitative estimate of drug-likeness (QED) is 0.680. The summed E-state index contributed by atoms with van der Waals surface area (Å²) in [7, 11) is 0. The molecule has 3 aromatic rings. The highest BCUT2D eigenvalue weighted by Crippen LogP contribution is 2.28. The molecule has 5 heteroatoms. The average molecular weight is 357 g/mol. The number of thiophene rings is 1. The molecule has 1 aromatic carbocycles. The first-order chi connectivity index (χ1) is 11.6. The Labute approximate surface area is 150 Å². The van der Waals surface area contributed by atoms with E-state index >= 15 is 0 Å². The number of thiazole rings is 1. The van der Waals surface area contributed by atoms with Gasteiger partial charge < -0.3 is 5.32 Å². The van der Waals surface area contributed by atoms with E-state index in [1.165, 1.54) is 0 Å². The summed E-state index contributed by atoms with van der Waals surface area (Å²) in [5.74, 6) is 0.342. The highest BCUT2D eigenvalue weighted by molar-refractivity contribution is 7.20. The number of carbonyl (C=O) groups excluding carboxylic acids is 1. The summed E-state index contributed by atoms with van der Waals surface area (Å²) in [5.41, 5.74) is 1.97. The Morgan fingerprint density at radius 3 is 2.58 bits per heavy atom. The number of rotatable bonds is 6. The van der Waals surface area contributed by atoms with Crippen LogP contribution in [0.3, 0.4) is 0 Å². The molecule has 0 aliphatic heterocycles. The monoisotopic (exact) mass is 356 g/mol. The third-order valence-electron chi connectivity index (χ3n) is 3.77. The smallest absolute Gasteiger partial charge is 0.226 e. The van der Waals surface area contributed by atoms with Gasteiger partial charge in [-0.15, -0.1) is 22.7 Å². The van der Waals surface area contributed by atoms with Crippen LogP contribution in [-0.2, 0) is 11.2 Å². The first-order valence-corrected chi connectivity index (χ1v) is 9.72. The Kier molecular flexibility index (Phi) is 5.43. The second-order valence-corrected chi connectivity index (χ2v) is 7.80. The Bertz CT molecular complexity index is 779. The van der Waals surface area contributed by atoms with E-state index in [-0.39, 0.29) is 11.9 Å². The standard InChI is InChI=1S/C19H20N2OS2/c1-13(2)18(14-7-4-3-5-8-14)21-17(22)11-15-12-24-19(20-15)16-9-6-10-23-16/h3-10,12-13,18H,11H2,1-2H3,(H,21,22). The number of benzene rings is 1. The van der Waals surface area contributed by atoms with Crippen LogP contribution in [0, 0.1) is 5.92 Å². The van der Waals surface area contributed by atoms with E-state index in [9.17, 15) is 4.79 Å². The third-order valence-corrected chi connectivity index (χ3v) is 5.70. The van der Waals surface area contributed by atoms with Gasteiger partial charge in [-0.1, -0.05) is 50.2 Å². The molecule has 0 aliphatic carbocycles. The normalized spacial score (nSPS) is 12.3. The van der Waals surface area contributed by atoms with Crippen LogP contribution in [0.15, 0.2) is 53.2 Å². The zero-order valence-corrected chi connectivity index (χ0v) is 15.4. The van der Waals surface area contributed by atoms with E-state index in [4.69, 9.17) is 0 Å². The van der Waals surface area contributed by atoms with Crippen LogP contribution in [0.25, 0.3) is 9.88 Å². The molecular weight excluding hydrogens is 336 g/mol. The topological polar surface area (TPSA) is 42.0 Å². The summed E-state index contributed by atoms with van der Waals surface area (Å²) >= 11 is 3.26. The molecule has 3 nitrogen and oxygen atoms in total. The lowest BCUT2D eigenvalue weighted by atomic mass is 9.96. The van der Waals surface area contributed by atoms with Crippen LogP contribution in [-0.4, -0.2) is 10.9 Å². The van der Waals surface area contributed by atoms with Crippen LogP contribution < -0.4 is 5.32 Å². The lowest BCUT2D eigenvalue weighted by Crippen LogP contribution is -2.32. The van der Waals surface area contributed by atoms with Crippen LogP contribution >= 0.6 is 22.7 Å². The van der Waals surface area contributed by atoms with E-state index < -0.39 is 0 Å². The largest absolute Gasteiger partial charge is 0.349 e. The Hall–Kier alpha value is -1.98. The van der Waals surface area contributed by atoms with E-state index in [0.29, 0.717) is 12.3 Å². The molecule has 1 N–H and O–H groups in total. The molecule has 1 amide bonds. The summed E-state index contributed by atoms with van der Waals surface area (Å²) < 4.78 is 0. The van der Waals surface area contributed by atoms with Gasteiger partial charge in [0.15, 0.2) is 0 Å². The predicted molar refractivity (Wildman–Crippen MR) is 101 cm³/mol. The van der Waals surface area contributed by atoms with Gasteiger partial charge in [0.1, 0.15) is 5.01 Å². The lowest BCUT2D eigenvalue weighted by molar-refractivity contribution is -0.121. The molecule has 124 valence electrons. The molecule has 0 fully saturated rings. The molecule has 1 atom stereocenters. The fraction of sp³-hybridized carbons (Fsp3) is 0.263. The molecular formula is C19H20N2OS2. The highest BCUT2D eigenvalue weighted by Gasteiger charge is 2.19. The van der Waals surface area contributed by atoms with Crippen LogP contribution in [0.1, 0.15) is 31.1 Å². The van der Waals surface area contributed by atoms with Gasteiger partial charge in [-0.3, -0.25) is 4.79 Å². The van der Waals surface area contributed by atoms with E-state index in [1.54, 1.807) is 22.7 Å². The maximum atomic E-state index is 12.5. The fourth-order valence-corrected chi connectivity index (χ4v) is 4.22. The molecule has 0 saturated heterocycles. The summed E-state index contributed by atoms with van der Waals surface area (Å²) in [6.45, 7) is 4.24. The number of amides is 1. The van der Waals surface area contributed by atoms with Crippen molar-refractivity contribution < 1.29 is 4.79 Å². The van der Waals surface area contributed by atoms with Gasteiger partial charge in [0.2, 0.25) is 5.91 Å². The molecule has 3 rings (SSSR count). The van der Waals surface area contributed by atoms with Gasteiger partial charge in [-0.05, 0) is 22.9 Å². The Morgan fingerprint density at radius 2 is 1.92 bits per heavy atom.